The molecule has 30 heavy (non-hydrogen) atoms. The molecule has 0 bridgehead atoms. The lowest BCUT2D eigenvalue weighted by molar-refractivity contribution is -0.130. The van der Waals surface area contributed by atoms with Crippen LogP contribution in [-0.2, 0) is 11.8 Å². The van der Waals surface area contributed by atoms with Gasteiger partial charge in [-0.15, -0.1) is 11.3 Å². The third-order valence-electron chi connectivity index (χ3n) is 5.26. The molecule has 0 saturated carbocycles. The second-order valence-electron chi connectivity index (χ2n) is 7.32. The van der Waals surface area contributed by atoms with Crippen LogP contribution in [0, 0.1) is 0 Å². The third kappa shape index (κ3) is 3.78. The summed E-state index contributed by atoms with van der Waals surface area (Å²) in [6, 6.07) is 12.3. The number of thiophene rings is 1. The minimum atomic E-state index is -0.525. The number of aromatic nitrogens is 2. The molecule has 0 aliphatic carbocycles. The van der Waals surface area contributed by atoms with Crippen LogP contribution in [0.15, 0.2) is 54.9 Å². The molecule has 0 radical (unpaired) electrons. The quantitative estimate of drug-likeness (QED) is 0.479. The van der Waals surface area contributed by atoms with Crippen molar-refractivity contribution in [2.75, 3.05) is 19.6 Å². The van der Waals surface area contributed by atoms with Crippen molar-refractivity contribution in [2.24, 2.45) is 7.05 Å². The Morgan fingerprint density at radius 3 is 2.50 bits per heavy atom. The molecule has 7 nitrogen and oxygen atoms in total. The first-order valence-electron chi connectivity index (χ1n) is 9.73. The Balaban J connectivity index is 1.43. The molecular formula is C22H22N4O3S. The minimum absolute atomic E-state index is 0.0566. The van der Waals surface area contributed by atoms with Crippen LogP contribution in [0.5, 0.6) is 0 Å². The van der Waals surface area contributed by atoms with Gasteiger partial charge in [0.25, 0.3) is 17.6 Å². The lowest BCUT2D eigenvalue weighted by Gasteiger charge is -2.39. The number of imidazole rings is 1. The summed E-state index contributed by atoms with van der Waals surface area (Å²) < 4.78 is 1.87. The summed E-state index contributed by atoms with van der Waals surface area (Å²) in [7, 11) is 1.88. The first-order valence-corrected chi connectivity index (χ1v) is 10.5. The average molecular weight is 423 g/mol. The lowest BCUT2D eigenvalue weighted by Crippen LogP contribution is -2.56. The first-order chi connectivity index (χ1) is 14.5. The van der Waals surface area contributed by atoms with E-state index in [2.05, 4.69) is 4.98 Å². The largest absolute Gasteiger partial charge is 0.335 e. The fraction of sp³-hybridized carbons (Fsp3) is 0.273. The molecule has 8 heteroatoms. The monoisotopic (exact) mass is 422 g/mol. The molecule has 0 N–H and O–H groups in total. The van der Waals surface area contributed by atoms with Crippen LogP contribution in [0.4, 0.5) is 0 Å². The molecule has 1 aliphatic heterocycles. The number of Topliss-reactive ketones (excluding diaryl/α,β-unsaturated/α-hetero) is 1. The fourth-order valence-corrected chi connectivity index (χ4v) is 4.60. The highest BCUT2D eigenvalue weighted by molar-refractivity contribution is 7.18. The summed E-state index contributed by atoms with van der Waals surface area (Å²) in [4.78, 5) is 47.2. The predicted molar refractivity (Wildman–Crippen MR) is 114 cm³/mol. The number of benzene rings is 1. The molecule has 1 saturated heterocycles. The molecule has 3 aromatic rings. The summed E-state index contributed by atoms with van der Waals surface area (Å²) >= 11 is 1.26. The van der Waals surface area contributed by atoms with E-state index >= 15 is 0 Å². The highest BCUT2D eigenvalue weighted by Crippen LogP contribution is 2.27. The molecule has 0 spiro atoms. The normalized spacial score (nSPS) is 16.5. The predicted octanol–water partition coefficient (Wildman–Crippen LogP) is 2.70. The van der Waals surface area contributed by atoms with Crippen LogP contribution in [0.2, 0.25) is 0 Å². The number of carbonyl (C=O) groups excluding carboxylic acids is 3. The van der Waals surface area contributed by atoms with Crippen LogP contribution >= 0.6 is 11.3 Å². The number of carbonyl (C=O) groups is 3. The Kier molecular flexibility index (Phi) is 5.50. The molecule has 154 valence electrons. The molecule has 1 aromatic carbocycles. The Labute approximate surface area is 178 Å². The van der Waals surface area contributed by atoms with E-state index in [1.165, 1.54) is 11.3 Å². The van der Waals surface area contributed by atoms with Crippen LogP contribution in [0.1, 0.15) is 27.0 Å². The number of rotatable bonds is 4. The van der Waals surface area contributed by atoms with Gasteiger partial charge in [0, 0.05) is 50.7 Å². The van der Waals surface area contributed by atoms with Gasteiger partial charge in [-0.1, -0.05) is 18.2 Å². The van der Waals surface area contributed by atoms with Gasteiger partial charge in [0.2, 0.25) is 0 Å². The maximum absolute atomic E-state index is 12.9. The Bertz CT molecular complexity index is 1090. The first kappa shape index (κ1) is 20.0. The number of aryl methyl sites for hydroxylation is 1. The van der Waals surface area contributed by atoms with Gasteiger partial charge in [-0.05, 0) is 31.2 Å². The summed E-state index contributed by atoms with van der Waals surface area (Å²) in [6.07, 6.45) is 3.53. The van der Waals surface area contributed by atoms with E-state index in [0.29, 0.717) is 30.1 Å². The maximum atomic E-state index is 12.9. The van der Waals surface area contributed by atoms with Crippen molar-refractivity contribution in [3.05, 3.63) is 65.3 Å². The second-order valence-corrected chi connectivity index (χ2v) is 8.40. The Morgan fingerprint density at radius 2 is 1.83 bits per heavy atom. The van der Waals surface area contributed by atoms with E-state index in [-0.39, 0.29) is 11.9 Å². The molecule has 2 amide bonds. The fourth-order valence-electron chi connectivity index (χ4n) is 3.63. The van der Waals surface area contributed by atoms with Crippen LogP contribution in [0.25, 0.3) is 10.7 Å². The number of hydrogen-bond donors (Lipinski definition) is 0. The van der Waals surface area contributed by atoms with E-state index in [0.717, 1.165) is 10.7 Å². The van der Waals surface area contributed by atoms with Crippen molar-refractivity contribution in [3.63, 3.8) is 0 Å². The highest BCUT2D eigenvalue weighted by Gasteiger charge is 2.34. The molecule has 1 fully saturated rings. The van der Waals surface area contributed by atoms with Crippen molar-refractivity contribution in [2.45, 2.75) is 13.0 Å². The topological polar surface area (TPSA) is 75.5 Å². The number of amides is 2. The van der Waals surface area contributed by atoms with Crippen LogP contribution < -0.4 is 0 Å². The summed E-state index contributed by atoms with van der Waals surface area (Å²) in [6.45, 7) is 3.00. The van der Waals surface area contributed by atoms with Crippen molar-refractivity contribution in [3.8, 4) is 10.7 Å². The van der Waals surface area contributed by atoms with Crippen molar-refractivity contribution in [1.29, 1.82) is 0 Å². The molecule has 2 aromatic heterocycles. The zero-order chi connectivity index (χ0) is 21.3. The smallest absolute Gasteiger partial charge is 0.296 e. The van der Waals surface area contributed by atoms with Gasteiger partial charge in [-0.2, -0.15) is 0 Å². The lowest BCUT2D eigenvalue weighted by atomic mass is 10.1. The third-order valence-corrected chi connectivity index (χ3v) is 6.34. The van der Waals surface area contributed by atoms with Gasteiger partial charge in [-0.25, -0.2) is 4.98 Å². The van der Waals surface area contributed by atoms with Crippen LogP contribution in [-0.4, -0.2) is 62.6 Å². The number of ketones is 1. The van der Waals surface area contributed by atoms with E-state index in [4.69, 9.17) is 0 Å². The van der Waals surface area contributed by atoms with Crippen LogP contribution in [0.3, 0.4) is 0 Å². The minimum Gasteiger partial charge on any atom is -0.335 e. The zero-order valence-electron chi connectivity index (χ0n) is 16.8. The number of nitrogens with zero attached hydrogens (tertiary/aromatic N) is 4. The summed E-state index contributed by atoms with van der Waals surface area (Å²) in [5, 5.41) is 0. The van der Waals surface area contributed by atoms with Crippen molar-refractivity contribution in [1.82, 2.24) is 19.4 Å². The Morgan fingerprint density at radius 1 is 1.07 bits per heavy atom. The van der Waals surface area contributed by atoms with Crippen molar-refractivity contribution < 1.29 is 14.4 Å². The molecule has 3 heterocycles. The highest BCUT2D eigenvalue weighted by atomic mass is 32.1. The van der Waals surface area contributed by atoms with Gasteiger partial charge < -0.3 is 14.4 Å². The Hall–Kier alpha value is -3.26. The average Bonchev–Trinajstić information content (AvgIpc) is 3.41. The molecule has 0 unspecified atom stereocenters. The van der Waals surface area contributed by atoms with Gasteiger partial charge in [0.05, 0.1) is 9.75 Å². The number of piperazine rings is 1. The van der Waals surface area contributed by atoms with E-state index < -0.39 is 11.7 Å². The maximum Gasteiger partial charge on any atom is 0.296 e. The zero-order valence-corrected chi connectivity index (χ0v) is 17.6. The standard InChI is InChI=1S/C22H22N4O3S/c1-15-14-25(21(28)16-6-4-3-5-7-16)12-13-26(15)22(29)19(27)17-8-9-18(30-17)20-23-10-11-24(20)2/h3-11,15H,12-14H2,1-2H3/t15-/m1/s1. The van der Waals surface area contributed by atoms with E-state index in [1.54, 1.807) is 34.2 Å². The van der Waals surface area contributed by atoms with Gasteiger partial charge in [0.1, 0.15) is 5.82 Å². The van der Waals surface area contributed by atoms with E-state index in [9.17, 15) is 14.4 Å². The van der Waals surface area contributed by atoms with Gasteiger partial charge >= 0.3 is 0 Å². The summed E-state index contributed by atoms with van der Waals surface area (Å²) in [5.41, 5.74) is 0.626. The second kappa shape index (κ2) is 8.23. The van der Waals surface area contributed by atoms with Gasteiger partial charge in [0.15, 0.2) is 0 Å². The van der Waals surface area contributed by atoms with Crippen molar-refractivity contribution >= 4 is 28.9 Å². The SMILES string of the molecule is C[C@@H]1CN(C(=O)c2ccccc2)CCN1C(=O)C(=O)c1ccc(-c2nccn2C)s1. The van der Waals surface area contributed by atoms with Gasteiger partial charge in [-0.3, -0.25) is 14.4 Å². The van der Waals surface area contributed by atoms with E-state index in [1.807, 2.05) is 49.0 Å². The molecule has 1 atom stereocenters. The molecule has 1 aliphatic rings. The number of hydrogen-bond acceptors (Lipinski definition) is 5. The molecule has 4 rings (SSSR count). The molecular weight excluding hydrogens is 400 g/mol. The summed E-state index contributed by atoms with van der Waals surface area (Å²) in [5.74, 6) is -0.343.